The van der Waals surface area contributed by atoms with E-state index < -0.39 is 10.0 Å². The Morgan fingerprint density at radius 3 is 2.23 bits per heavy atom. The van der Waals surface area contributed by atoms with Crippen LogP contribution in [0.5, 0.6) is 5.75 Å². The minimum absolute atomic E-state index is 0.160. The Morgan fingerprint density at radius 2 is 1.68 bits per heavy atom. The smallest absolute Gasteiger partial charge is 0.251 e. The molecule has 0 saturated carbocycles. The number of hydrogen-bond acceptors (Lipinski definition) is 5. The predicted molar refractivity (Wildman–Crippen MR) is 119 cm³/mol. The van der Waals surface area contributed by atoms with E-state index in [1.807, 2.05) is 52.0 Å². The highest BCUT2D eigenvalue weighted by molar-refractivity contribution is 7.89. The van der Waals surface area contributed by atoms with Crippen LogP contribution in [0, 0.1) is 0 Å². The van der Waals surface area contributed by atoms with E-state index >= 15 is 0 Å². The first-order valence-corrected chi connectivity index (χ1v) is 11.9. The van der Waals surface area contributed by atoms with Crippen LogP contribution < -0.4 is 10.1 Å². The van der Waals surface area contributed by atoms with Gasteiger partial charge < -0.3 is 14.8 Å². The third kappa shape index (κ3) is 5.64. The molecule has 1 heterocycles. The van der Waals surface area contributed by atoms with Crippen molar-refractivity contribution in [1.82, 2.24) is 9.62 Å². The summed E-state index contributed by atoms with van der Waals surface area (Å²) in [5, 5.41) is 2.94. The van der Waals surface area contributed by atoms with Crippen molar-refractivity contribution in [2.75, 3.05) is 19.7 Å². The molecule has 2 aromatic carbocycles. The highest BCUT2D eigenvalue weighted by Crippen LogP contribution is 2.22. The van der Waals surface area contributed by atoms with Crippen LogP contribution in [0.25, 0.3) is 0 Å². The number of hydrogen-bond donors (Lipinski definition) is 1. The zero-order chi connectivity index (χ0) is 22.6. The quantitative estimate of drug-likeness (QED) is 0.705. The Bertz CT molecular complexity index is 980. The van der Waals surface area contributed by atoms with Crippen molar-refractivity contribution < 1.29 is 22.7 Å². The van der Waals surface area contributed by atoms with Gasteiger partial charge in [-0.3, -0.25) is 4.79 Å². The minimum atomic E-state index is -3.64. The standard InChI is InChI=1S/C23H30N2O5S/c1-5-29-21-10-6-19(7-11-21)18(4)24-23(26)20-8-12-22(13-9-20)31(27,28)25-14-16(2)30-17(3)15-25/h6-13,16-18H,5,14-15H2,1-4H3,(H,24,26). The molecule has 3 rings (SSSR count). The normalized spacial score (nSPS) is 20.8. The average Bonchev–Trinajstić information content (AvgIpc) is 2.74. The van der Waals surface area contributed by atoms with Gasteiger partial charge in [-0.05, 0) is 69.7 Å². The number of carbonyl (C=O) groups excluding carboxylic acids is 1. The number of nitrogens with zero attached hydrogens (tertiary/aromatic N) is 1. The summed E-state index contributed by atoms with van der Waals surface area (Å²) in [7, 11) is -3.64. The molecule has 7 nitrogen and oxygen atoms in total. The summed E-state index contributed by atoms with van der Waals surface area (Å²) in [4.78, 5) is 12.8. The van der Waals surface area contributed by atoms with Crippen molar-refractivity contribution in [3.05, 3.63) is 59.7 Å². The van der Waals surface area contributed by atoms with Crippen LogP contribution in [0.3, 0.4) is 0 Å². The minimum Gasteiger partial charge on any atom is -0.494 e. The highest BCUT2D eigenvalue weighted by atomic mass is 32.2. The number of nitrogens with one attached hydrogen (secondary N) is 1. The topological polar surface area (TPSA) is 84.9 Å². The van der Waals surface area contributed by atoms with Crippen LogP contribution in [0.1, 0.15) is 49.7 Å². The maximum absolute atomic E-state index is 13.0. The van der Waals surface area contributed by atoms with E-state index in [1.54, 1.807) is 12.1 Å². The molecule has 1 saturated heterocycles. The van der Waals surface area contributed by atoms with Crippen molar-refractivity contribution in [2.45, 2.75) is 50.8 Å². The Morgan fingerprint density at radius 1 is 1.10 bits per heavy atom. The Hall–Kier alpha value is -2.42. The summed E-state index contributed by atoms with van der Waals surface area (Å²) in [6, 6.07) is 13.4. The van der Waals surface area contributed by atoms with Crippen molar-refractivity contribution in [1.29, 1.82) is 0 Å². The molecule has 0 spiro atoms. The number of benzene rings is 2. The van der Waals surface area contributed by atoms with Gasteiger partial charge >= 0.3 is 0 Å². The van der Waals surface area contributed by atoms with Gasteiger partial charge in [0.25, 0.3) is 5.91 Å². The van der Waals surface area contributed by atoms with Gasteiger partial charge in [0.05, 0.1) is 29.8 Å². The SMILES string of the molecule is CCOc1ccc(C(C)NC(=O)c2ccc(S(=O)(=O)N3CC(C)OC(C)C3)cc2)cc1. The third-order valence-electron chi connectivity index (χ3n) is 5.18. The van der Waals surface area contributed by atoms with E-state index in [9.17, 15) is 13.2 Å². The van der Waals surface area contributed by atoms with Crippen molar-refractivity contribution >= 4 is 15.9 Å². The van der Waals surface area contributed by atoms with E-state index in [4.69, 9.17) is 9.47 Å². The number of rotatable bonds is 7. The van der Waals surface area contributed by atoms with Crippen molar-refractivity contribution in [3.8, 4) is 5.75 Å². The summed E-state index contributed by atoms with van der Waals surface area (Å²) < 4.78 is 38.4. The van der Waals surface area contributed by atoms with Crippen LogP contribution in [-0.4, -0.2) is 50.5 Å². The lowest BCUT2D eigenvalue weighted by Gasteiger charge is -2.34. The van der Waals surface area contributed by atoms with E-state index in [0.717, 1.165) is 11.3 Å². The molecule has 0 radical (unpaired) electrons. The molecule has 1 aliphatic heterocycles. The summed E-state index contributed by atoms with van der Waals surface area (Å²) in [5.74, 6) is 0.518. The molecule has 1 N–H and O–H groups in total. The molecule has 8 heteroatoms. The van der Waals surface area contributed by atoms with Gasteiger partial charge in [0.2, 0.25) is 10.0 Å². The summed E-state index contributed by atoms with van der Waals surface area (Å²) in [5.41, 5.74) is 1.35. The monoisotopic (exact) mass is 446 g/mol. The second-order valence-electron chi connectivity index (χ2n) is 7.80. The van der Waals surface area contributed by atoms with E-state index in [1.165, 1.54) is 16.4 Å². The zero-order valence-electron chi connectivity index (χ0n) is 18.4. The molecule has 1 fully saturated rings. The molecular weight excluding hydrogens is 416 g/mol. The van der Waals surface area contributed by atoms with Crippen molar-refractivity contribution in [2.24, 2.45) is 0 Å². The van der Waals surface area contributed by atoms with Gasteiger partial charge in [-0.1, -0.05) is 12.1 Å². The van der Waals surface area contributed by atoms with Gasteiger partial charge in [-0.25, -0.2) is 8.42 Å². The van der Waals surface area contributed by atoms with Crippen LogP contribution >= 0.6 is 0 Å². The summed E-state index contributed by atoms with van der Waals surface area (Å²) >= 11 is 0. The predicted octanol–water partition coefficient (Wildman–Crippen LogP) is 3.37. The molecule has 2 aromatic rings. The van der Waals surface area contributed by atoms with Gasteiger partial charge in [0.1, 0.15) is 5.75 Å². The molecule has 3 atom stereocenters. The average molecular weight is 447 g/mol. The lowest BCUT2D eigenvalue weighted by Crippen LogP contribution is -2.48. The van der Waals surface area contributed by atoms with E-state index in [-0.39, 0.29) is 29.1 Å². The van der Waals surface area contributed by atoms with E-state index in [2.05, 4.69) is 5.32 Å². The van der Waals surface area contributed by atoms with Crippen LogP contribution in [-0.2, 0) is 14.8 Å². The fraction of sp³-hybridized carbons (Fsp3) is 0.435. The molecule has 3 unspecified atom stereocenters. The molecule has 31 heavy (non-hydrogen) atoms. The lowest BCUT2D eigenvalue weighted by molar-refractivity contribution is -0.0440. The lowest BCUT2D eigenvalue weighted by atomic mass is 10.1. The number of morpholine rings is 1. The molecule has 168 valence electrons. The molecular formula is C23H30N2O5S. The Balaban J connectivity index is 1.67. The second kappa shape index (κ2) is 9.80. The molecule has 0 aromatic heterocycles. The number of ether oxygens (including phenoxy) is 2. The Kier molecular flexibility index (Phi) is 7.35. The highest BCUT2D eigenvalue weighted by Gasteiger charge is 2.32. The van der Waals surface area contributed by atoms with Crippen LogP contribution in [0.2, 0.25) is 0 Å². The fourth-order valence-electron chi connectivity index (χ4n) is 3.64. The van der Waals surface area contributed by atoms with Crippen LogP contribution in [0.15, 0.2) is 53.4 Å². The second-order valence-corrected chi connectivity index (χ2v) is 9.74. The zero-order valence-corrected chi connectivity index (χ0v) is 19.2. The number of amides is 1. The fourth-order valence-corrected chi connectivity index (χ4v) is 5.23. The first-order valence-electron chi connectivity index (χ1n) is 10.5. The third-order valence-corrected chi connectivity index (χ3v) is 7.02. The molecule has 0 aliphatic carbocycles. The van der Waals surface area contributed by atoms with Gasteiger partial charge in [-0.2, -0.15) is 4.31 Å². The largest absolute Gasteiger partial charge is 0.494 e. The first-order chi connectivity index (χ1) is 14.7. The number of sulfonamides is 1. The van der Waals surface area contributed by atoms with Crippen molar-refractivity contribution in [3.63, 3.8) is 0 Å². The van der Waals surface area contributed by atoms with Gasteiger partial charge in [0.15, 0.2) is 0 Å². The Labute approximate surface area is 184 Å². The maximum atomic E-state index is 13.0. The molecule has 1 amide bonds. The number of carbonyl (C=O) groups is 1. The summed E-state index contributed by atoms with van der Waals surface area (Å²) in [6.45, 7) is 8.76. The first kappa shape index (κ1) is 23.2. The van der Waals surface area contributed by atoms with Gasteiger partial charge in [0, 0.05) is 18.7 Å². The maximum Gasteiger partial charge on any atom is 0.251 e. The van der Waals surface area contributed by atoms with E-state index in [0.29, 0.717) is 25.3 Å². The molecule has 0 bridgehead atoms. The van der Waals surface area contributed by atoms with Crippen LogP contribution in [0.4, 0.5) is 0 Å². The summed E-state index contributed by atoms with van der Waals surface area (Å²) in [6.07, 6.45) is -0.319. The van der Waals surface area contributed by atoms with Gasteiger partial charge in [-0.15, -0.1) is 0 Å². The molecule has 1 aliphatic rings.